The maximum Gasteiger partial charge on any atom is 0.119 e. The monoisotopic (exact) mass is 268 g/mol. The molecule has 0 unspecified atom stereocenters. The van der Waals surface area contributed by atoms with Crippen LogP contribution in [0.1, 0.15) is 18.1 Å². The van der Waals surface area contributed by atoms with Crippen LogP contribution in [0.25, 0.3) is 0 Å². The summed E-state index contributed by atoms with van der Waals surface area (Å²) in [4.78, 5) is 0. The van der Waals surface area contributed by atoms with E-state index in [0.29, 0.717) is 18.6 Å². The van der Waals surface area contributed by atoms with E-state index in [1.807, 2.05) is 18.2 Å². The SMILES string of the molecule is C[C@@H](Cc1ccc(OCc2ccccc2)cc1)[C@H]1CO1. The average Bonchev–Trinajstić information content (AvgIpc) is 3.32. The Bertz CT molecular complexity index is 529. The van der Waals surface area contributed by atoms with Crippen LogP contribution in [0.15, 0.2) is 54.6 Å². The Morgan fingerprint density at radius 2 is 1.75 bits per heavy atom. The Kier molecular flexibility index (Phi) is 4.03. The zero-order chi connectivity index (χ0) is 13.8. The summed E-state index contributed by atoms with van der Waals surface area (Å²) < 4.78 is 11.1. The number of benzene rings is 2. The van der Waals surface area contributed by atoms with Gasteiger partial charge in [-0.25, -0.2) is 0 Å². The number of hydrogen-bond donors (Lipinski definition) is 0. The molecule has 20 heavy (non-hydrogen) atoms. The van der Waals surface area contributed by atoms with E-state index in [2.05, 4.69) is 43.3 Å². The number of hydrogen-bond acceptors (Lipinski definition) is 2. The molecule has 2 atom stereocenters. The zero-order valence-electron chi connectivity index (χ0n) is 11.8. The van der Waals surface area contributed by atoms with E-state index in [4.69, 9.17) is 9.47 Å². The van der Waals surface area contributed by atoms with Gasteiger partial charge in [-0.05, 0) is 35.6 Å². The molecule has 0 bridgehead atoms. The molecule has 0 aliphatic carbocycles. The van der Waals surface area contributed by atoms with E-state index in [1.54, 1.807) is 0 Å². The van der Waals surface area contributed by atoms with E-state index >= 15 is 0 Å². The first-order valence-corrected chi connectivity index (χ1v) is 7.18. The van der Waals surface area contributed by atoms with Crippen molar-refractivity contribution in [1.82, 2.24) is 0 Å². The lowest BCUT2D eigenvalue weighted by molar-refractivity contribution is 0.306. The van der Waals surface area contributed by atoms with E-state index in [-0.39, 0.29) is 0 Å². The van der Waals surface area contributed by atoms with E-state index in [0.717, 1.165) is 18.8 Å². The minimum atomic E-state index is 0.476. The largest absolute Gasteiger partial charge is 0.489 e. The van der Waals surface area contributed by atoms with Gasteiger partial charge in [0.25, 0.3) is 0 Å². The molecule has 1 heterocycles. The maximum atomic E-state index is 5.79. The molecule has 0 saturated carbocycles. The topological polar surface area (TPSA) is 21.8 Å². The molecule has 0 N–H and O–H groups in total. The smallest absolute Gasteiger partial charge is 0.119 e. The van der Waals surface area contributed by atoms with Crippen molar-refractivity contribution >= 4 is 0 Å². The average molecular weight is 268 g/mol. The minimum absolute atomic E-state index is 0.476. The van der Waals surface area contributed by atoms with Crippen LogP contribution in [-0.2, 0) is 17.8 Å². The zero-order valence-corrected chi connectivity index (χ0v) is 11.8. The van der Waals surface area contributed by atoms with Crippen molar-refractivity contribution in [3.8, 4) is 5.75 Å². The molecule has 2 nitrogen and oxygen atoms in total. The molecule has 0 aromatic heterocycles. The van der Waals surface area contributed by atoms with Gasteiger partial charge in [0, 0.05) is 0 Å². The van der Waals surface area contributed by atoms with Crippen molar-refractivity contribution < 1.29 is 9.47 Å². The van der Waals surface area contributed by atoms with E-state index in [9.17, 15) is 0 Å². The van der Waals surface area contributed by atoms with Gasteiger partial charge in [0.05, 0.1) is 12.7 Å². The van der Waals surface area contributed by atoms with Gasteiger partial charge in [0.2, 0.25) is 0 Å². The summed E-state index contributed by atoms with van der Waals surface area (Å²) in [7, 11) is 0. The standard InChI is InChI=1S/C18H20O2/c1-14(18-13-20-18)11-15-7-9-17(10-8-15)19-12-16-5-3-2-4-6-16/h2-10,14,18H,11-13H2,1H3/t14-,18+/m0/s1. The summed E-state index contributed by atoms with van der Waals surface area (Å²) in [5.41, 5.74) is 2.54. The van der Waals surface area contributed by atoms with Crippen molar-refractivity contribution in [3.05, 3.63) is 65.7 Å². The molecule has 3 rings (SSSR count). The summed E-state index contributed by atoms with van der Waals surface area (Å²) in [6.07, 6.45) is 1.55. The first kappa shape index (κ1) is 13.2. The van der Waals surface area contributed by atoms with Crippen molar-refractivity contribution in [2.75, 3.05) is 6.61 Å². The van der Waals surface area contributed by atoms with Gasteiger partial charge in [0.1, 0.15) is 12.4 Å². The van der Waals surface area contributed by atoms with Crippen LogP contribution in [0.4, 0.5) is 0 Å². The molecule has 1 aliphatic rings. The molecule has 1 fully saturated rings. The van der Waals surface area contributed by atoms with Gasteiger partial charge < -0.3 is 9.47 Å². The van der Waals surface area contributed by atoms with Crippen LogP contribution in [-0.4, -0.2) is 12.7 Å². The lowest BCUT2D eigenvalue weighted by Crippen LogP contribution is -2.06. The summed E-state index contributed by atoms with van der Waals surface area (Å²) >= 11 is 0. The molecule has 2 heteroatoms. The maximum absolute atomic E-state index is 5.79. The predicted octanol–water partition coefficient (Wildman–Crippen LogP) is 3.84. The van der Waals surface area contributed by atoms with Crippen LogP contribution >= 0.6 is 0 Å². The molecule has 0 spiro atoms. The van der Waals surface area contributed by atoms with Gasteiger partial charge in [-0.1, -0.05) is 49.4 Å². The molecule has 0 amide bonds. The van der Waals surface area contributed by atoms with Crippen molar-refractivity contribution in [2.24, 2.45) is 5.92 Å². The Balaban J connectivity index is 1.53. The van der Waals surface area contributed by atoms with Crippen LogP contribution in [0.2, 0.25) is 0 Å². The first-order chi connectivity index (χ1) is 9.81. The highest BCUT2D eigenvalue weighted by Gasteiger charge is 2.29. The molecule has 104 valence electrons. The van der Waals surface area contributed by atoms with Gasteiger partial charge in [-0.2, -0.15) is 0 Å². The fraction of sp³-hybridized carbons (Fsp3) is 0.333. The Labute approximate surface area is 120 Å². The number of epoxide rings is 1. The fourth-order valence-corrected chi connectivity index (χ4v) is 2.35. The Morgan fingerprint density at radius 1 is 1.05 bits per heavy atom. The van der Waals surface area contributed by atoms with Crippen molar-refractivity contribution in [2.45, 2.75) is 26.1 Å². The highest BCUT2D eigenvalue weighted by atomic mass is 16.6. The van der Waals surface area contributed by atoms with Crippen LogP contribution < -0.4 is 4.74 Å². The second-order valence-electron chi connectivity index (χ2n) is 5.47. The highest BCUT2D eigenvalue weighted by Crippen LogP contribution is 2.24. The Morgan fingerprint density at radius 3 is 2.40 bits per heavy atom. The molecule has 0 radical (unpaired) electrons. The number of ether oxygens (including phenoxy) is 2. The normalized spacial score (nSPS) is 18.6. The summed E-state index contributed by atoms with van der Waals surface area (Å²) in [6, 6.07) is 18.6. The van der Waals surface area contributed by atoms with Gasteiger partial charge in [-0.15, -0.1) is 0 Å². The molecular weight excluding hydrogens is 248 g/mol. The quantitative estimate of drug-likeness (QED) is 0.742. The minimum Gasteiger partial charge on any atom is -0.489 e. The second kappa shape index (κ2) is 6.10. The summed E-state index contributed by atoms with van der Waals surface area (Å²) in [5.74, 6) is 1.53. The molecule has 2 aromatic carbocycles. The lowest BCUT2D eigenvalue weighted by Gasteiger charge is -2.10. The predicted molar refractivity (Wildman–Crippen MR) is 79.8 cm³/mol. The molecular formula is C18H20O2. The van der Waals surface area contributed by atoms with Gasteiger partial charge in [-0.3, -0.25) is 0 Å². The lowest BCUT2D eigenvalue weighted by atomic mass is 9.98. The highest BCUT2D eigenvalue weighted by molar-refractivity contribution is 5.28. The second-order valence-corrected chi connectivity index (χ2v) is 5.47. The van der Waals surface area contributed by atoms with E-state index < -0.39 is 0 Å². The van der Waals surface area contributed by atoms with Crippen molar-refractivity contribution in [1.29, 1.82) is 0 Å². The summed E-state index contributed by atoms with van der Waals surface area (Å²) in [6.45, 7) is 3.80. The summed E-state index contributed by atoms with van der Waals surface area (Å²) in [5, 5.41) is 0. The Hall–Kier alpha value is -1.80. The third-order valence-corrected chi connectivity index (χ3v) is 3.72. The fourth-order valence-electron chi connectivity index (χ4n) is 2.35. The van der Waals surface area contributed by atoms with E-state index in [1.165, 1.54) is 11.1 Å². The third kappa shape index (κ3) is 3.61. The molecule has 1 aliphatic heterocycles. The third-order valence-electron chi connectivity index (χ3n) is 3.72. The number of rotatable bonds is 6. The first-order valence-electron chi connectivity index (χ1n) is 7.18. The van der Waals surface area contributed by atoms with Gasteiger partial charge in [0.15, 0.2) is 0 Å². The van der Waals surface area contributed by atoms with Crippen LogP contribution in [0, 0.1) is 5.92 Å². The van der Waals surface area contributed by atoms with Crippen LogP contribution in [0.5, 0.6) is 5.75 Å². The molecule has 2 aromatic rings. The van der Waals surface area contributed by atoms with Gasteiger partial charge >= 0.3 is 0 Å². The molecule has 1 saturated heterocycles. The van der Waals surface area contributed by atoms with Crippen molar-refractivity contribution in [3.63, 3.8) is 0 Å². The van der Waals surface area contributed by atoms with Crippen LogP contribution in [0.3, 0.4) is 0 Å².